The maximum Gasteiger partial charge on any atom is 0.344 e. The van der Waals surface area contributed by atoms with E-state index in [9.17, 15) is 9.59 Å². The van der Waals surface area contributed by atoms with Gasteiger partial charge in [0.1, 0.15) is 0 Å². The lowest BCUT2D eigenvalue weighted by Gasteiger charge is -2.33. The molecule has 8 heteroatoms. The Bertz CT molecular complexity index is 594. The van der Waals surface area contributed by atoms with Gasteiger partial charge in [0.05, 0.1) is 18.4 Å². The number of aromatic amines is 1. The first-order valence-electron chi connectivity index (χ1n) is 8.34. The third-order valence-corrected chi connectivity index (χ3v) is 5.54. The largest absolute Gasteiger partial charge is 0.376 e. The van der Waals surface area contributed by atoms with Crippen LogP contribution in [0.15, 0.2) is 9.95 Å². The molecule has 2 aliphatic heterocycles. The lowest BCUT2D eigenvalue weighted by Crippen LogP contribution is -2.43. The summed E-state index contributed by atoms with van der Waals surface area (Å²) in [6.07, 6.45) is 5.41. The number of rotatable bonds is 5. The Hall–Kier alpha value is -1.28. The van der Waals surface area contributed by atoms with Crippen LogP contribution in [0.5, 0.6) is 0 Å². The van der Waals surface area contributed by atoms with Crippen LogP contribution in [0, 0.1) is 0 Å². The monoisotopic (exact) mass is 340 g/mol. The molecule has 2 atom stereocenters. The zero-order valence-electron chi connectivity index (χ0n) is 13.5. The Kier molecular flexibility index (Phi) is 5.42. The SMILES string of the molecule is CC1CCCCN1C(=O)CSc1n[nH]c(=O)n1CC1CCCO1. The number of nitrogens with zero attached hydrogens (tertiary/aromatic N) is 3. The Morgan fingerprint density at radius 3 is 3.00 bits per heavy atom. The van der Waals surface area contributed by atoms with Gasteiger partial charge in [-0.25, -0.2) is 9.89 Å². The van der Waals surface area contributed by atoms with Crippen LogP contribution in [0.2, 0.25) is 0 Å². The summed E-state index contributed by atoms with van der Waals surface area (Å²) in [5, 5.41) is 7.11. The van der Waals surface area contributed by atoms with Crippen LogP contribution in [0.1, 0.15) is 39.0 Å². The molecule has 1 amide bonds. The van der Waals surface area contributed by atoms with E-state index in [2.05, 4.69) is 17.1 Å². The minimum Gasteiger partial charge on any atom is -0.376 e. The van der Waals surface area contributed by atoms with Gasteiger partial charge in [0.2, 0.25) is 5.91 Å². The van der Waals surface area contributed by atoms with Crippen LogP contribution in [0.4, 0.5) is 0 Å². The molecule has 2 fully saturated rings. The maximum absolute atomic E-state index is 12.4. The van der Waals surface area contributed by atoms with Crippen molar-refractivity contribution >= 4 is 17.7 Å². The smallest absolute Gasteiger partial charge is 0.344 e. The Balaban J connectivity index is 1.59. The van der Waals surface area contributed by atoms with E-state index in [4.69, 9.17) is 4.74 Å². The van der Waals surface area contributed by atoms with Gasteiger partial charge in [0, 0.05) is 19.2 Å². The van der Waals surface area contributed by atoms with E-state index in [1.54, 1.807) is 4.57 Å². The average Bonchev–Trinajstić information content (AvgIpc) is 3.17. The van der Waals surface area contributed by atoms with Gasteiger partial charge >= 0.3 is 5.69 Å². The van der Waals surface area contributed by atoms with Crippen molar-refractivity contribution in [1.82, 2.24) is 19.7 Å². The second kappa shape index (κ2) is 7.53. The molecule has 0 aromatic carbocycles. The van der Waals surface area contributed by atoms with Crippen molar-refractivity contribution in [3.8, 4) is 0 Å². The number of likely N-dealkylation sites (tertiary alicyclic amines) is 1. The summed E-state index contributed by atoms with van der Waals surface area (Å²) in [6, 6.07) is 0.310. The molecule has 0 bridgehead atoms. The third kappa shape index (κ3) is 3.98. The van der Waals surface area contributed by atoms with Crippen LogP contribution in [-0.4, -0.2) is 56.6 Å². The fraction of sp³-hybridized carbons (Fsp3) is 0.800. The predicted octanol–water partition coefficient (Wildman–Crippen LogP) is 1.24. The highest BCUT2D eigenvalue weighted by Crippen LogP contribution is 2.21. The van der Waals surface area contributed by atoms with Gasteiger partial charge in [0.15, 0.2) is 5.16 Å². The van der Waals surface area contributed by atoms with Crippen LogP contribution in [0.3, 0.4) is 0 Å². The Morgan fingerprint density at radius 1 is 1.39 bits per heavy atom. The molecule has 0 saturated carbocycles. The van der Waals surface area contributed by atoms with Crippen LogP contribution in [0.25, 0.3) is 0 Å². The number of thioether (sulfide) groups is 1. The second-order valence-electron chi connectivity index (χ2n) is 6.28. The van der Waals surface area contributed by atoms with Gasteiger partial charge < -0.3 is 9.64 Å². The number of piperidine rings is 1. The second-order valence-corrected chi connectivity index (χ2v) is 7.22. The molecule has 23 heavy (non-hydrogen) atoms. The number of nitrogens with one attached hydrogen (secondary N) is 1. The first-order valence-corrected chi connectivity index (χ1v) is 9.33. The van der Waals surface area contributed by atoms with Gasteiger partial charge in [-0.1, -0.05) is 11.8 Å². The number of carbonyl (C=O) groups is 1. The van der Waals surface area contributed by atoms with Gasteiger partial charge in [-0.05, 0) is 39.0 Å². The van der Waals surface area contributed by atoms with Crippen LogP contribution >= 0.6 is 11.8 Å². The quantitative estimate of drug-likeness (QED) is 0.816. The van der Waals surface area contributed by atoms with Gasteiger partial charge in [-0.2, -0.15) is 0 Å². The summed E-state index contributed by atoms with van der Waals surface area (Å²) in [4.78, 5) is 26.3. The fourth-order valence-electron chi connectivity index (χ4n) is 3.24. The molecule has 0 spiro atoms. The molecule has 128 valence electrons. The molecule has 0 radical (unpaired) electrons. The van der Waals surface area contributed by atoms with E-state index in [1.807, 2.05) is 4.90 Å². The number of aromatic nitrogens is 3. The van der Waals surface area contributed by atoms with Gasteiger partial charge in [-0.3, -0.25) is 9.36 Å². The minimum absolute atomic E-state index is 0.0717. The molecule has 7 nitrogen and oxygen atoms in total. The van der Waals surface area contributed by atoms with Crippen molar-refractivity contribution in [1.29, 1.82) is 0 Å². The maximum atomic E-state index is 12.4. The molecular weight excluding hydrogens is 316 g/mol. The van der Waals surface area contributed by atoms with Gasteiger partial charge in [-0.15, -0.1) is 5.10 Å². The van der Waals surface area contributed by atoms with Crippen molar-refractivity contribution in [3.63, 3.8) is 0 Å². The summed E-state index contributed by atoms with van der Waals surface area (Å²) in [5.74, 6) is 0.446. The molecule has 0 aliphatic carbocycles. The van der Waals surface area contributed by atoms with E-state index in [-0.39, 0.29) is 17.7 Å². The van der Waals surface area contributed by atoms with E-state index >= 15 is 0 Å². The van der Waals surface area contributed by atoms with Crippen molar-refractivity contribution in [3.05, 3.63) is 10.5 Å². The highest BCUT2D eigenvalue weighted by Gasteiger charge is 2.24. The summed E-state index contributed by atoms with van der Waals surface area (Å²) >= 11 is 1.33. The predicted molar refractivity (Wildman–Crippen MR) is 87.6 cm³/mol. The van der Waals surface area contributed by atoms with Crippen LogP contribution in [-0.2, 0) is 16.1 Å². The normalized spacial score (nSPS) is 25.0. The zero-order chi connectivity index (χ0) is 16.2. The Labute approximate surface area is 139 Å². The third-order valence-electron chi connectivity index (χ3n) is 4.58. The molecule has 2 aliphatic rings. The van der Waals surface area contributed by atoms with Crippen molar-refractivity contribution in [2.45, 2.75) is 62.9 Å². The summed E-state index contributed by atoms with van der Waals surface area (Å²) in [5.41, 5.74) is -0.234. The number of hydrogen-bond acceptors (Lipinski definition) is 5. The number of amides is 1. The summed E-state index contributed by atoms with van der Waals surface area (Å²) in [6.45, 7) is 4.20. The molecule has 1 aromatic heterocycles. The minimum atomic E-state index is -0.234. The summed E-state index contributed by atoms with van der Waals surface area (Å²) < 4.78 is 7.18. The number of hydrogen-bond donors (Lipinski definition) is 1. The molecular formula is C15H24N4O3S. The van der Waals surface area contributed by atoms with Crippen LogP contribution < -0.4 is 5.69 Å². The molecule has 2 unspecified atom stereocenters. The van der Waals surface area contributed by atoms with Crippen molar-refractivity contribution in [2.24, 2.45) is 0 Å². The molecule has 1 aromatic rings. The first-order chi connectivity index (χ1) is 11.1. The van der Waals surface area contributed by atoms with Crippen molar-refractivity contribution in [2.75, 3.05) is 18.9 Å². The fourth-order valence-corrected chi connectivity index (χ4v) is 4.09. The summed E-state index contributed by atoms with van der Waals surface area (Å²) in [7, 11) is 0. The molecule has 2 saturated heterocycles. The lowest BCUT2D eigenvalue weighted by atomic mass is 10.0. The number of H-pyrrole nitrogens is 1. The van der Waals surface area contributed by atoms with E-state index in [0.29, 0.717) is 23.5 Å². The van der Waals surface area contributed by atoms with E-state index < -0.39 is 0 Å². The van der Waals surface area contributed by atoms with Crippen molar-refractivity contribution < 1.29 is 9.53 Å². The molecule has 1 N–H and O–H groups in total. The zero-order valence-corrected chi connectivity index (χ0v) is 14.3. The highest BCUT2D eigenvalue weighted by molar-refractivity contribution is 7.99. The number of carbonyl (C=O) groups excluding carboxylic acids is 1. The molecule has 3 rings (SSSR count). The topological polar surface area (TPSA) is 80.2 Å². The lowest BCUT2D eigenvalue weighted by molar-refractivity contribution is -0.131. The van der Waals surface area contributed by atoms with E-state index in [0.717, 1.165) is 38.8 Å². The van der Waals surface area contributed by atoms with E-state index in [1.165, 1.54) is 18.2 Å². The standard InChI is InChI=1S/C15H24N4O3S/c1-11-5-2-3-7-18(11)13(20)10-23-15-17-16-14(21)19(15)9-12-6-4-8-22-12/h11-12H,2-10H2,1H3,(H,16,21). The average molecular weight is 340 g/mol. The van der Waals surface area contributed by atoms with Gasteiger partial charge in [0.25, 0.3) is 0 Å². The number of ether oxygens (including phenoxy) is 1. The highest BCUT2D eigenvalue weighted by atomic mass is 32.2. The Morgan fingerprint density at radius 2 is 2.26 bits per heavy atom. The first kappa shape index (κ1) is 16.6. The molecule has 3 heterocycles.